The number of hydrogen-bond donors (Lipinski definition) is 0. The Morgan fingerprint density at radius 2 is 1.93 bits per heavy atom. The van der Waals surface area contributed by atoms with Crippen LogP contribution in [0.1, 0.15) is 45.7 Å². The highest BCUT2D eigenvalue weighted by Gasteiger charge is 2.42. The van der Waals surface area contributed by atoms with Crippen molar-refractivity contribution in [2.24, 2.45) is 4.99 Å². The minimum absolute atomic E-state index is 0.0238. The molecule has 0 bridgehead atoms. The molecule has 1 atom stereocenters. The van der Waals surface area contributed by atoms with Gasteiger partial charge < -0.3 is 14.5 Å². The summed E-state index contributed by atoms with van der Waals surface area (Å²) in [5, 5.41) is 2.48. The highest BCUT2D eigenvalue weighted by atomic mass is 32.2. The third-order valence-corrected chi connectivity index (χ3v) is 6.03. The lowest BCUT2D eigenvalue weighted by atomic mass is 9.93. The smallest absolute Gasteiger partial charge is 0.338 e. The molecule has 0 saturated carbocycles. The first-order chi connectivity index (χ1) is 14.4. The number of aliphatic imine (C=N–C) groups is 1. The number of allylic oxidation sites excluding steroid dienone is 1. The number of thioether (sulfide) groups is 1. The zero-order valence-corrected chi connectivity index (χ0v) is 18.5. The van der Waals surface area contributed by atoms with Crippen LogP contribution in [0.2, 0.25) is 0 Å². The van der Waals surface area contributed by atoms with Crippen LogP contribution in [0.15, 0.2) is 51.6 Å². The van der Waals surface area contributed by atoms with Gasteiger partial charge in [0, 0.05) is 24.4 Å². The Balaban J connectivity index is 2.06. The Bertz CT molecular complexity index is 937. The number of halogens is 1. The van der Waals surface area contributed by atoms with E-state index < -0.39 is 17.8 Å². The molecule has 160 valence electrons. The van der Waals surface area contributed by atoms with E-state index in [0.717, 1.165) is 0 Å². The number of nitrogens with zero attached hydrogens (tertiary/aromatic N) is 3. The van der Waals surface area contributed by atoms with Gasteiger partial charge >= 0.3 is 5.97 Å². The summed E-state index contributed by atoms with van der Waals surface area (Å²) in [6.45, 7) is 8.74. The molecule has 2 aliphatic rings. The van der Waals surface area contributed by atoms with E-state index >= 15 is 0 Å². The fourth-order valence-electron chi connectivity index (χ4n) is 3.67. The molecule has 0 spiro atoms. The van der Waals surface area contributed by atoms with Gasteiger partial charge in [0.15, 0.2) is 5.17 Å². The van der Waals surface area contributed by atoms with Crippen LogP contribution >= 0.6 is 11.8 Å². The van der Waals surface area contributed by atoms with E-state index in [4.69, 9.17) is 4.74 Å². The predicted octanol–water partition coefficient (Wildman–Crippen LogP) is 4.22. The highest BCUT2D eigenvalue weighted by molar-refractivity contribution is 8.16. The quantitative estimate of drug-likeness (QED) is 0.605. The largest absolute Gasteiger partial charge is 0.463 e. The van der Waals surface area contributed by atoms with E-state index in [9.17, 15) is 14.0 Å². The Kier molecular flexibility index (Phi) is 6.97. The van der Waals surface area contributed by atoms with Crippen LogP contribution in [-0.4, -0.2) is 46.5 Å². The van der Waals surface area contributed by atoms with E-state index in [-0.39, 0.29) is 24.5 Å². The average Bonchev–Trinajstić information content (AvgIpc) is 3.10. The van der Waals surface area contributed by atoms with Crippen LogP contribution in [0, 0.1) is 5.82 Å². The van der Waals surface area contributed by atoms with Crippen LogP contribution in [0.3, 0.4) is 0 Å². The molecule has 0 aromatic heterocycles. The van der Waals surface area contributed by atoms with Crippen molar-refractivity contribution in [1.82, 2.24) is 9.80 Å². The van der Waals surface area contributed by atoms with Crippen molar-refractivity contribution in [3.8, 4) is 0 Å². The van der Waals surface area contributed by atoms with Crippen molar-refractivity contribution in [2.75, 3.05) is 19.7 Å². The lowest BCUT2D eigenvalue weighted by Crippen LogP contribution is -2.39. The molecule has 1 unspecified atom stereocenters. The lowest BCUT2D eigenvalue weighted by Gasteiger charge is -2.36. The van der Waals surface area contributed by atoms with Gasteiger partial charge in [-0.3, -0.25) is 4.79 Å². The minimum atomic E-state index is -0.747. The zero-order valence-electron chi connectivity index (χ0n) is 17.6. The first-order valence-electron chi connectivity index (χ1n) is 10.1. The van der Waals surface area contributed by atoms with Crippen molar-refractivity contribution in [1.29, 1.82) is 0 Å². The summed E-state index contributed by atoms with van der Waals surface area (Å²) < 4.78 is 20.1. The van der Waals surface area contributed by atoms with Crippen LogP contribution < -0.4 is 0 Å². The Morgan fingerprint density at radius 1 is 1.23 bits per heavy atom. The van der Waals surface area contributed by atoms with Crippen molar-refractivity contribution >= 4 is 28.8 Å². The third kappa shape index (κ3) is 4.14. The predicted molar refractivity (Wildman–Crippen MR) is 116 cm³/mol. The molecule has 0 radical (unpaired) electrons. The first kappa shape index (κ1) is 22.1. The number of carbonyl (C=O) groups excluding carboxylic acids is 2. The van der Waals surface area contributed by atoms with E-state index in [0.29, 0.717) is 35.2 Å². The van der Waals surface area contributed by atoms with Crippen molar-refractivity contribution in [3.05, 3.63) is 58.0 Å². The van der Waals surface area contributed by atoms with Crippen molar-refractivity contribution < 1.29 is 18.7 Å². The highest BCUT2D eigenvalue weighted by Crippen LogP contribution is 2.45. The molecule has 3 rings (SSSR count). The van der Waals surface area contributed by atoms with Crippen LogP contribution in [0.4, 0.5) is 4.39 Å². The van der Waals surface area contributed by atoms with E-state index in [1.54, 1.807) is 41.8 Å². The van der Waals surface area contributed by atoms with Gasteiger partial charge in [-0.25, -0.2) is 14.2 Å². The maximum atomic E-state index is 14.9. The molecular formula is C22H26FN3O3S. The summed E-state index contributed by atoms with van der Waals surface area (Å²) in [5.41, 5.74) is 1.81. The number of amidine groups is 1. The monoisotopic (exact) mass is 431 g/mol. The molecule has 1 amide bonds. The van der Waals surface area contributed by atoms with Crippen LogP contribution in [0.25, 0.3) is 0 Å². The topological polar surface area (TPSA) is 62.2 Å². The molecule has 0 N–H and O–H groups in total. The maximum absolute atomic E-state index is 14.9. The van der Waals surface area contributed by atoms with Crippen molar-refractivity contribution in [3.63, 3.8) is 0 Å². The number of rotatable bonds is 7. The summed E-state index contributed by atoms with van der Waals surface area (Å²) in [6.07, 6.45) is 0.147. The van der Waals surface area contributed by atoms with Gasteiger partial charge in [0.1, 0.15) is 5.82 Å². The SMILES string of the molecule is CCOC(=O)C1=C(C)N=C2SC=C(CC(=O)N(CC)CC)N2C1c1ccccc1F. The van der Waals surface area contributed by atoms with Gasteiger partial charge in [-0.1, -0.05) is 30.0 Å². The zero-order chi connectivity index (χ0) is 21.8. The summed E-state index contributed by atoms with van der Waals surface area (Å²) in [5.74, 6) is -0.980. The van der Waals surface area contributed by atoms with Gasteiger partial charge in [0.25, 0.3) is 0 Å². The molecule has 8 heteroatoms. The number of fused-ring (bicyclic) bond motifs is 1. The molecule has 0 aliphatic carbocycles. The number of ether oxygens (including phenoxy) is 1. The summed E-state index contributed by atoms with van der Waals surface area (Å²) in [4.78, 5) is 33.7. The minimum Gasteiger partial charge on any atom is -0.463 e. The number of esters is 1. The fraction of sp³-hybridized carbons (Fsp3) is 0.409. The molecule has 1 aromatic carbocycles. The van der Waals surface area contributed by atoms with E-state index in [1.165, 1.54) is 17.8 Å². The standard InChI is InChI=1S/C22H26FN3O3S/c1-5-25(6-2)18(27)12-15-13-30-22-24-14(4)19(21(28)29-7-3)20(26(15)22)16-10-8-9-11-17(16)23/h8-11,13,20H,5-7,12H2,1-4H3. The van der Waals surface area contributed by atoms with E-state index in [2.05, 4.69) is 4.99 Å². The molecule has 1 aromatic rings. The number of carbonyl (C=O) groups is 2. The summed E-state index contributed by atoms with van der Waals surface area (Å²) in [7, 11) is 0. The number of benzene rings is 1. The van der Waals surface area contributed by atoms with Gasteiger partial charge in [-0.15, -0.1) is 0 Å². The van der Waals surface area contributed by atoms with Gasteiger partial charge in [-0.05, 0) is 39.2 Å². The molecule has 0 fully saturated rings. The second-order valence-corrected chi connectivity index (χ2v) is 7.71. The first-order valence-corrected chi connectivity index (χ1v) is 10.9. The molecule has 6 nitrogen and oxygen atoms in total. The Hall–Kier alpha value is -2.61. The van der Waals surface area contributed by atoms with Gasteiger partial charge in [-0.2, -0.15) is 0 Å². The Labute approximate surface area is 180 Å². The third-order valence-electron chi connectivity index (χ3n) is 5.14. The van der Waals surface area contributed by atoms with Gasteiger partial charge in [0.05, 0.1) is 30.3 Å². The Morgan fingerprint density at radius 3 is 2.57 bits per heavy atom. The van der Waals surface area contributed by atoms with Gasteiger partial charge in [0.2, 0.25) is 5.91 Å². The van der Waals surface area contributed by atoms with E-state index in [1.807, 2.05) is 19.3 Å². The summed E-state index contributed by atoms with van der Waals surface area (Å²) in [6, 6.07) is 5.62. The fourth-order valence-corrected chi connectivity index (χ4v) is 4.64. The van der Waals surface area contributed by atoms with Crippen molar-refractivity contribution in [2.45, 2.75) is 40.2 Å². The molecule has 0 saturated heterocycles. The average molecular weight is 432 g/mol. The number of amides is 1. The molecule has 30 heavy (non-hydrogen) atoms. The summed E-state index contributed by atoms with van der Waals surface area (Å²) >= 11 is 1.37. The molecular weight excluding hydrogens is 405 g/mol. The molecule has 2 heterocycles. The maximum Gasteiger partial charge on any atom is 0.338 e. The van der Waals surface area contributed by atoms with Crippen LogP contribution in [-0.2, 0) is 14.3 Å². The second kappa shape index (κ2) is 9.47. The lowest BCUT2D eigenvalue weighted by molar-refractivity contribution is -0.139. The van der Waals surface area contributed by atoms with Crippen LogP contribution in [0.5, 0.6) is 0 Å². The normalized spacial score (nSPS) is 18.0. The number of hydrogen-bond acceptors (Lipinski definition) is 6. The second-order valence-electron chi connectivity index (χ2n) is 6.88. The molecule has 2 aliphatic heterocycles.